The standard InChI is InChI=1S/C14H12F3N3O2S/c1-8(18)19-6-12(21)13-20-11(7-23-13)9-2-4-10(5-3-9)22-14(15,16)17/h2-5,7H,6H2,1H3,(H2,18,19). The number of carbonyl (C=O) groups is 1. The van der Waals surface area contributed by atoms with Crippen LogP contribution in [0.15, 0.2) is 34.6 Å². The van der Waals surface area contributed by atoms with Crippen LogP contribution < -0.4 is 10.5 Å². The number of Topliss-reactive ketones (excluding diaryl/α,β-unsaturated/α-hetero) is 1. The summed E-state index contributed by atoms with van der Waals surface area (Å²) in [6.07, 6.45) is -4.73. The zero-order valence-electron chi connectivity index (χ0n) is 11.9. The quantitative estimate of drug-likeness (QED) is 0.513. The number of aromatic nitrogens is 1. The molecule has 1 heterocycles. The maximum Gasteiger partial charge on any atom is 0.573 e. The zero-order chi connectivity index (χ0) is 17.0. The van der Waals surface area contributed by atoms with Gasteiger partial charge < -0.3 is 10.5 Å². The molecule has 0 fully saturated rings. The maximum absolute atomic E-state index is 12.1. The summed E-state index contributed by atoms with van der Waals surface area (Å²) < 4.78 is 40.1. The molecule has 9 heteroatoms. The van der Waals surface area contributed by atoms with Crippen molar-refractivity contribution in [2.75, 3.05) is 6.54 Å². The number of rotatable bonds is 5. The molecule has 1 aromatic heterocycles. The van der Waals surface area contributed by atoms with Crippen LogP contribution in [0.3, 0.4) is 0 Å². The highest BCUT2D eigenvalue weighted by molar-refractivity contribution is 7.12. The van der Waals surface area contributed by atoms with Gasteiger partial charge in [-0.15, -0.1) is 24.5 Å². The molecule has 1 aromatic carbocycles. The number of benzene rings is 1. The first-order valence-corrected chi connectivity index (χ1v) is 7.24. The van der Waals surface area contributed by atoms with E-state index < -0.39 is 6.36 Å². The number of thiazole rings is 1. The second kappa shape index (κ2) is 6.78. The molecule has 0 aliphatic heterocycles. The number of ether oxygens (including phenoxy) is 1. The number of aliphatic imine (C=N–C) groups is 1. The average Bonchev–Trinajstić information content (AvgIpc) is 2.93. The fourth-order valence-electron chi connectivity index (χ4n) is 1.63. The van der Waals surface area contributed by atoms with E-state index in [0.29, 0.717) is 17.1 Å². The topological polar surface area (TPSA) is 77.6 Å². The summed E-state index contributed by atoms with van der Waals surface area (Å²) in [5.41, 5.74) is 6.43. The van der Waals surface area contributed by atoms with Gasteiger partial charge in [0.15, 0.2) is 5.01 Å². The van der Waals surface area contributed by atoms with E-state index in [1.807, 2.05) is 0 Å². The molecular weight excluding hydrogens is 331 g/mol. The van der Waals surface area contributed by atoms with Gasteiger partial charge in [0.1, 0.15) is 12.3 Å². The van der Waals surface area contributed by atoms with Crippen LogP contribution in [0.1, 0.15) is 16.7 Å². The number of carbonyl (C=O) groups excluding carboxylic acids is 1. The summed E-state index contributed by atoms with van der Waals surface area (Å²) in [7, 11) is 0. The van der Waals surface area contributed by atoms with E-state index in [9.17, 15) is 18.0 Å². The lowest BCUT2D eigenvalue weighted by Gasteiger charge is -2.08. The minimum atomic E-state index is -4.73. The fraction of sp³-hybridized carbons (Fsp3) is 0.214. The van der Waals surface area contributed by atoms with Crippen molar-refractivity contribution in [3.8, 4) is 17.0 Å². The van der Waals surface area contributed by atoms with Gasteiger partial charge in [-0.3, -0.25) is 9.79 Å². The highest BCUT2D eigenvalue weighted by atomic mass is 32.1. The minimum Gasteiger partial charge on any atom is -0.406 e. The summed E-state index contributed by atoms with van der Waals surface area (Å²) >= 11 is 1.14. The van der Waals surface area contributed by atoms with Crippen molar-refractivity contribution in [1.29, 1.82) is 0 Å². The third-order valence-corrected chi connectivity index (χ3v) is 3.48. The van der Waals surface area contributed by atoms with E-state index in [0.717, 1.165) is 11.3 Å². The predicted octanol–water partition coefficient (Wildman–Crippen LogP) is 3.27. The van der Waals surface area contributed by atoms with E-state index >= 15 is 0 Å². The van der Waals surface area contributed by atoms with Gasteiger partial charge in [-0.2, -0.15) is 0 Å². The van der Waals surface area contributed by atoms with Gasteiger partial charge in [0.2, 0.25) is 5.78 Å². The number of halogens is 3. The first-order chi connectivity index (χ1) is 10.7. The molecule has 0 unspecified atom stereocenters. The highest BCUT2D eigenvalue weighted by Gasteiger charge is 2.31. The van der Waals surface area contributed by atoms with E-state index in [1.54, 1.807) is 12.3 Å². The molecule has 0 saturated heterocycles. The van der Waals surface area contributed by atoms with E-state index in [4.69, 9.17) is 5.73 Å². The second-order valence-corrected chi connectivity index (χ2v) is 5.35. The molecule has 0 atom stereocenters. The van der Waals surface area contributed by atoms with E-state index in [2.05, 4.69) is 14.7 Å². The van der Waals surface area contributed by atoms with Gasteiger partial charge in [0.05, 0.1) is 11.5 Å². The zero-order valence-corrected chi connectivity index (χ0v) is 12.7. The van der Waals surface area contributed by atoms with Crippen LogP contribution in [0.4, 0.5) is 13.2 Å². The first kappa shape index (κ1) is 16.9. The molecule has 2 aromatic rings. The number of nitrogens with two attached hydrogens (primary N) is 1. The third kappa shape index (κ3) is 5.06. The molecule has 2 rings (SSSR count). The lowest BCUT2D eigenvalue weighted by atomic mass is 10.2. The first-order valence-electron chi connectivity index (χ1n) is 6.36. The normalized spacial score (nSPS) is 12.3. The minimum absolute atomic E-state index is 0.0896. The van der Waals surface area contributed by atoms with Crippen molar-refractivity contribution in [3.05, 3.63) is 34.7 Å². The maximum atomic E-state index is 12.1. The lowest BCUT2D eigenvalue weighted by Crippen LogP contribution is -2.16. The Morgan fingerprint density at radius 1 is 1.35 bits per heavy atom. The fourth-order valence-corrected chi connectivity index (χ4v) is 2.38. The Bertz CT molecular complexity index is 720. The Morgan fingerprint density at radius 3 is 2.57 bits per heavy atom. The molecule has 122 valence electrons. The van der Waals surface area contributed by atoms with Crippen molar-refractivity contribution in [1.82, 2.24) is 4.98 Å². The summed E-state index contributed by atoms with van der Waals surface area (Å²) in [4.78, 5) is 19.8. The van der Waals surface area contributed by atoms with Crippen LogP contribution in [0.5, 0.6) is 5.75 Å². The van der Waals surface area contributed by atoms with Crippen LogP contribution in [0.2, 0.25) is 0 Å². The lowest BCUT2D eigenvalue weighted by molar-refractivity contribution is -0.274. The SMILES string of the molecule is CC(N)=NCC(=O)c1nc(-c2ccc(OC(F)(F)F)cc2)cs1. The number of alkyl halides is 3. The Hall–Kier alpha value is -2.42. The molecule has 0 spiro atoms. The number of nitrogens with zero attached hydrogens (tertiary/aromatic N) is 2. The van der Waals surface area contributed by atoms with Crippen molar-refractivity contribution in [2.45, 2.75) is 13.3 Å². The highest BCUT2D eigenvalue weighted by Crippen LogP contribution is 2.27. The van der Waals surface area contributed by atoms with Gasteiger partial charge in [0, 0.05) is 10.9 Å². The summed E-state index contributed by atoms with van der Waals surface area (Å²) in [5.74, 6) is -0.293. The Kier molecular flexibility index (Phi) is 4.99. The van der Waals surface area contributed by atoms with Crippen LogP contribution in [-0.4, -0.2) is 29.5 Å². The van der Waals surface area contributed by atoms with Gasteiger partial charge in [-0.1, -0.05) is 0 Å². The monoisotopic (exact) mass is 343 g/mol. The molecule has 23 heavy (non-hydrogen) atoms. The predicted molar refractivity (Wildman–Crippen MR) is 80.7 cm³/mol. The molecule has 5 nitrogen and oxygen atoms in total. The molecule has 0 aliphatic carbocycles. The molecule has 0 radical (unpaired) electrons. The smallest absolute Gasteiger partial charge is 0.406 e. The average molecular weight is 343 g/mol. The van der Waals surface area contributed by atoms with E-state index in [1.165, 1.54) is 24.3 Å². The molecule has 0 amide bonds. The van der Waals surface area contributed by atoms with Gasteiger partial charge in [0.25, 0.3) is 0 Å². The van der Waals surface area contributed by atoms with Crippen molar-refractivity contribution in [2.24, 2.45) is 10.7 Å². The van der Waals surface area contributed by atoms with Crippen LogP contribution in [0.25, 0.3) is 11.3 Å². The number of amidine groups is 1. The number of ketones is 1. The van der Waals surface area contributed by atoms with E-state index in [-0.39, 0.29) is 23.1 Å². The molecule has 2 N–H and O–H groups in total. The number of hydrogen-bond acceptors (Lipinski definition) is 5. The van der Waals surface area contributed by atoms with Gasteiger partial charge >= 0.3 is 6.36 Å². The Morgan fingerprint density at radius 2 is 2.00 bits per heavy atom. The van der Waals surface area contributed by atoms with Crippen molar-refractivity contribution in [3.63, 3.8) is 0 Å². The van der Waals surface area contributed by atoms with Crippen molar-refractivity contribution < 1.29 is 22.7 Å². The molecular formula is C14H12F3N3O2S. The second-order valence-electron chi connectivity index (χ2n) is 4.49. The summed E-state index contributed by atoms with van der Waals surface area (Å²) in [5, 5.41) is 1.91. The van der Waals surface area contributed by atoms with Crippen LogP contribution in [-0.2, 0) is 0 Å². The summed E-state index contributed by atoms with van der Waals surface area (Å²) in [6, 6.07) is 5.25. The summed E-state index contributed by atoms with van der Waals surface area (Å²) in [6.45, 7) is 1.48. The molecule has 0 aliphatic rings. The number of hydrogen-bond donors (Lipinski definition) is 1. The van der Waals surface area contributed by atoms with Gasteiger partial charge in [-0.05, 0) is 31.2 Å². The van der Waals surface area contributed by atoms with Gasteiger partial charge in [-0.25, -0.2) is 4.98 Å². The van der Waals surface area contributed by atoms with Crippen LogP contribution in [0, 0.1) is 0 Å². The Balaban J connectivity index is 2.11. The van der Waals surface area contributed by atoms with Crippen molar-refractivity contribution >= 4 is 23.0 Å². The van der Waals surface area contributed by atoms with Crippen LogP contribution >= 0.6 is 11.3 Å². The molecule has 0 bridgehead atoms. The third-order valence-electron chi connectivity index (χ3n) is 2.60. The Labute approximate surface area is 133 Å². The molecule has 0 saturated carbocycles. The largest absolute Gasteiger partial charge is 0.573 e.